The number of amides is 1. The molecule has 8 nitrogen and oxygen atoms in total. The van der Waals surface area contributed by atoms with Crippen molar-refractivity contribution < 1.29 is 4.79 Å². The number of aromatic nitrogens is 6. The first-order valence-corrected chi connectivity index (χ1v) is 8.05. The first kappa shape index (κ1) is 15.3. The average molecular weight is 335 g/mol. The molecule has 0 bridgehead atoms. The zero-order chi connectivity index (χ0) is 17.1. The van der Waals surface area contributed by atoms with Crippen molar-refractivity contribution in [2.45, 2.75) is 12.6 Å². The van der Waals surface area contributed by atoms with Crippen LogP contribution in [-0.4, -0.2) is 53.9 Å². The molecule has 0 radical (unpaired) electrons. The van der Waals surface area contributed by atoms with Gasteiger partial charge in [0.1, 0.15) is 12.2 Å². The van der Waals surface area contributed by atoms with Crippen molar-refractivity contribution in [3.63, 3.8) is 0 Å². The molecular weight excluding hydrogens is 318 g/mol. The van der Waals surface area contributed by atoms with Gasteiger partial charge in [0.2, 0.25) is 5.91 Å². The quantitative estimate of drug-likeness (QED) is 0.650. The van der Waals surface area contributed by atoms with Crippen LogP contribution in [0.15, 0.2) is 55.0 Å². The lowest BCUT2D eigenvalue weighted by atomic mass is 10.1. The zero-order valence-electron chi connectivity index (χ0n) is 13.5. The smallest absolute Gasteiger partial charge is 0.246 e. The molecule has 1 aliphatic heterocycles. The third kappa shape index (κ3) is 3.47. The maximum absolute atomic E-state index is 12.2. The zero-order valence-corrected chi connectivity index (χ0v) is 13.5. The lowest BCUT2D eigenvalue weighted by Gasteiger charge is -2.38. The van der Waals surface area contributed by atoms with Crippen LogP contribution in [0, 0.1) is 0 Å². The fourth-order valence-electron chi connectivity index (χ4n) is 2.67. The summed E-state index contributed by atoms with van der Waals surface area (Å²) >= 11 is 0. The minimum atomic E-state index is 0.0150. The molecule has 8 heteroatoms. The Morgan fingerprint density at radius 1 is 1.16 bits per heavy atom. The Morgan fingerprint density at radius 2 is 1.92 bits per heavy atom. The van der Waals surface area contributed by atoms with Crippen molar-refractivity contribution in [3.05, 3.63) is 66.3 Å². The molecule has 126 valence electrons. The molecule has 1 aliphatic rings. The number of likely N-dealkylation sites (tertiary alicyclic amines) is 1. The van der Waals surface area contributed by atoms with Crippen LogP contribution < -0.4 is 0 Å². The van der Waals surface area contributed by atoms with Crippen molar-refractivity contribution in [2.24, 2.45) is 0 Å². The molecule has 0 atom stereocenters. The predicted molar refractivity (Wildman–Crippen MR) is 90.2 cm³/mol. The highest BCUT2D eigenvalue weighted by Crippen LogP contribution is 2.21. The van der Waals surface area contributed by atoms with Gasteiger partial charge in [0.05, 0.1) is 24.6 Å². The number of rotatable bonds is 5. The highest BCUT2D eigenvalue weighted by molar-refractivity contribution is 5.92. The fourth-order valence-corrected chi connectivity index (χ4v) is 2.67. The van der Waals surface area contributed by atoms with E-state index in [0.29, 0.717) is 19.6 Å². The highest BCUT2D eigenvalue weighted by Gasteiger charge is 2.31. The Kier molecular flexibility index (Phi) is 4.07. The van der Waals surface area contributed by atoms with E-state index in [1.54, 1.807) is 28.2 Å². The van der Waals surface area contributed by atoms with Crippen LogP contribution in [-0.2, 0) is 11.3 Å². The van der Waals surface area contributed by atoms with Gasteiger partial charge in [0.15, 0.2) is 0 Å². The van der Waals surface area contributed by atoms with E-state index in [4.69, 9.17) is 0 Å². The summed E-state index contributed by atoms with van der Waals surface area (Å²) < 4.78 is 1.81. The van der Waals surface area contributed by atoms with Gasteiger partial charge in [0, 0.05) is 19.2 Å². The van der Waals surface area contributed by atoms with Gasteiger partial charge < -0.3 is 4.90 Å². The lowest BCUT2D eigenvalue weighted by molar-refractivity contribution is -0.131. The molecule has 1 amide bonds. The van der Waals surface area contributed by atoms with Crippen LogP contribution in [0.1, 0.15) is 17.3 Å². The normalized spacial score (nSPS) is 14.8. The standard InChI is InChI=1S/C17H17N7O/c25-17(7-6-14-4-2-1-3-5-14)22-12-16(13-22)23-10-15(20-21-23)11-24-18-8-9-19-24/h1-10,16H,11-13H2/b7-6+. The monoisotopic (exact) mass is 335 g/mol. The largest absolute Gasteiger partial charge is 0.335 e. The molecule has 2 aromatic heterocycles. The number of benzene rings is 1. The topological polar surface area (TPSA) is 81.7 Å². The molecule has 3 aromatic rings. The van der Waals surface area contributed by atoms with E-state index in [1.165, 1.54) is 0 Å². The second-order valence-electron chi connectivity index (χ2n) is 5.89. The fraction of sp³-hybridized carbons (Fsp3) is 0.235. The summed E-state index contributed by atoms with van der Waals surface area (Å²) in [7, 11) is 0. The Labute approximate surface area is 144 Å². The third-order valence-electron chi connectivity index (χ3n) is 4.09. The van der Waals surface area contributed by atoms with Crippen molar-refractivity contribution in [1.29, 1.82) is 0 Å². The first-order valence-electron chi connectivity index (χ1n) is 8.05. The second-order valence-corrected chi connectivity index (χ2v) is 5.89. The molecule has 0 saturated carbocycles. The second kappa shape index (κ2) is 6.68. The van der Waals surface area contributed by atoms with Gasteiger partial charge in [-0.3, -0.25) is 4.79 Å². The van der Waals surface area contributed by atoms with Crippen LogP contribution in [0.4, 0.5) is 0 Å². The molecule has 4 rings (SSSR count). The van der Waals surface area contributed by atoms with Crippen LogP contribution >= 0.6 is 0 Å². The molecule has 0 aliphatic carbocycles. The van der Waals surface area contributed by atoms with E-state index in [0.717, 1.165) is 11.3 Å². The molecule has 0 spiro atoms. The van der Waals surface area contributed by atoms with Gasteiger partial charge in [-0.1, -0.05) is 35.5 Å². The number of hydrogen-bond donors (Lipinski definition) is 0. The molecule has 0 unspecified atom stereocenters. The van der Waals surface area contributed by atoms with Crippen LogP contribution in [0.3, 0.4) is 0 Å². The van der Waals surface area contributed by atoms with E-state index in [1.807, 2.05) is 47.3 Å². The maximum atomic E-state index is 12.2. The van der Waals surface area contributed by atoms with E-state index in [9.17, 15) is 4.79 Å². The van der Waals surface area contributed by atoms with Gasteiger partial charge in [-0.2, -0.15) is 15.0 Å². The maximum Gasteiger partial charge on any atom is 0.246 e. The summed E-state index contributed by atoms with van der Waals surface area (Å²) in [5.41, 5.74) is 1.81. The van der Waals surface area contributed by atoms with Gasteiger partial charge in [-0.25, -0.2) is 4.68 Å². The summed E-state index contributed by atoms with van der Waals surface area (Å²) in [5.74, 6) is 0.0150. The Hall–Kier alpha value is -3.29. The van der Waals surface area contributed by atoms with Gasteiger partial charge in [-0.05, 0) is 11.6 Å². The van der Waals surface area contributed by atoms with E-state index in [-0.39, 0.29) is 11.9 Å². The Morgan fingerprint density at radius 3 is 2.68 bits per heavy atom. The third-order valence-corrected chi connectivity index (χ3v) is 4.09. The Bertz CT molecular complexity index is 864. The number of nitrogens with zero attached hydrogens (tertiary/aromatic N) is 7. The van der Waals surface area contributed by atoms with Gasteiger partial charge in [-0.15, -0.1) is 5.10 Å². The van der Waals surface area contributed by atoms with Crippen molar-refractivity contribution in [1.82, 2.24) is 34.9 Å². The molecule has 1 aromatic carbocycles. The van der Waals surface area contributed by atoms with E-state index < -0.39 is 0 Å². The van der Waals surface area contributed by atoms with Crippen LogP contribution in [0.25, 0.3) is 6.08 Å². The van der Waals surface area contributed by atoms with Gasteiger partial charge in [0.25, 0.3) is 0 Å². The van der Waals surface area contributed by atoms with Gasteiger partial charge >= 0.3 is 0 Å². The summed E-state index contributed by atoms with van der Waals surface area (Å²) in [5, 5.41) is 16.4. The lowest BCUT2D eigenvalue weighted by Crippen LogP contribution is -2.50. The molecular formula is C17H17N7O. The summed E-state index contributed by atoms with van der Waals surface area (Å²) in [4.78, 5) is 15.5. The predicted octanol–water partition coefficient (Wildman–Crippen LogP) is 1.01. The summed E-state index contributed by atoms with van der Waals surface area (Å²) in [6.07, 6.45) is 8.59. The number of hydrogen-bond acceptors (Lipinski definition) is 5. The highest BCUT2D eigenvalue weighted by atomic mass is 16.2. The number of carbonyl (C=O) groups excluding carboxylic acids is 1. The molecule has 25 heavy (non-hydrogen) atoms. The summed E-state index contributed by atoms with van der Waals surface area (Å²) in [6.45, 7) is 1.77. The van der Waals surface area contributed by atoms with Crippen molar-refractivity contribution in [3.8, 4) is 0 Å². The Balaban J connectivity index is 1.30. The summed E-state index contributed by atoms with van der Waals surface area (Å²) in [6, 6.07) is 9.95. The average Bonchev–Trinajstić information content (AvgIpc) is 3.25. The van der Waals surface area contributed by atoms with E-state index >= 15 is 0 Å². The van der Waals surface area contributed by atoms with Crippen molar-refractivity contribution in [2.75, 3.05) is 13.1 Å². The molecule has 1 saturated heterocycles. The molecule has 3 heterocycles. The van der Waals surface area contributed by atoms with E-state index in [2.05, 4.69) is 20.5 Å². The van der Waals surface area contributed by atoms with Crippen LogP contribution in [0.2, 0.25) is 0 Å². The molecule has 1 fully saturated rings. The van der Waals surface area contributed by atoms with Crippen LogP contribution in [0.5, 0.6) is 0 Å². The minimum absolute atomic E-state index is 0.0150. The van der Waals surface area contributed by atoms with Crippen molar-refractivity contribution >= 4 is 12.0 Å². The SMILES string of the molecule is O=C(/C=C/c1ccccc1)N1CC(n2cc(Cn3nccn3)nn2)C1. The molecule has 0 N–H and O–H groups in total. The number of carbonyl (C=O) groups is 1. The minimum Gasteiger partial charge on any atom is -0.335 e. The first-order chi connectivity index (χ1) is 12.3.